The van der Waals surface area contributed by atoms with Crippen LogP contribution in [0.15, 0.2) is 90.0 Å². The van der Waals surface area contributed by atoms with Crippen molar-refractivity contribution in [3.05, 3.63) is 95.6 Å². The molecule has 0 aliphatic carbocycles. The molecule has 0 atom stereocenters. The number of amides is 1. The molecule has 8 heteroatoms. The average Bonchev–Trinajstić information content (AvgIpc) is 3.24. The minimum atomic E-state index is -3.65. The monoisotopic (exact) mass is 507 g/mol. The number of piperazine rings is 1. The first-order chi connectivity index (χ1) is 16.9. The van der Waals surface area contributed by atoms with Crippen molar-refractivity contribution in [2.75, 3.05) is 31.1 Å². The third-order valence-corrected chi connectivity index (χ3v) is 8.34. The van der Waals surface area contributed by atoms with E-state index in [1.165, 1.54) is 0 Å². The summed E-state index contributed by atoms with van der Waals surface area (Å²) in [5.74, 6) is -0.172. The van der Waals surface area contributed by atoms with Crippen molar-refractivity contribution in [3.8, 4) is 0 Å². The zero-order valence-corrected chi connectivity index (χ0v) is 20.8. The van der Waals surface area contributed by atoms with Gasteiger partial charge < -0.3 is 14.4 Å². The first kappa shape index (κ1) is 23.5. The Kier molecular flexibility index (Phi) is 6.54. The van der Waals surface area contributed by atoms with E-state index in [1.54, 1.807) is 41.1 Å². The van der Waals surface area contributed by atoms with Crippen LogP contribution in [0.5, 0.6) is 0 Å². The van der Waals surface area contributed by atoms with Crippen molar-refractivity contribution in [1.29, 1.82) is 0 Å². The number of carbonyl (C=O) groups excluding carboxylic acids is 1. The van der Waals surface area contributed by atoms with Crippen LogP contribution in [0.2, 0.25) is 5.02 Å². The molecule has 1 aliphatic heterocycles. The van der Waals surface area contributed by atoms with Gasteiger partial charge in [0, 0.05) is 54.0 Å². The second-order valence-corrected chi connectivity index (χ2v) is 11.1. The van der Waals surface area contributed by atoms with Crippen LogP contribution in [0.1, 0.15) is 5.56 Å². The predicted molar refractivity (Wildman–Crippen MR) is 140 cm³/mol. The van der Waals surface area contributed by atoms with E-state index in [4.69, 9.17) is 11.6 Å². The molecule has 180 valence electrons. The predicted octanol–water partition coefficient (Wildman–Crippen LogP) is 4.62. The summed E-state index contributed by atoms with van der Waals surface area (Å²) in [5, 5.41) is 1.12. The van der Waals surface area contributed by atoms with Gasteiger partial charge in [0.25, 0.3) is 0 Å². The highest BCUT2D eigenvalue weighted by molar-refractivity contribution is 7.90. The minimum absolute atomic E-state index is 0.0164. The smallest absolute Gasteiger partial charge is 0.242 e. The Morgan fingerprint density at radius 2 is 1.57 bits per heavy atom. The van der Waals surface area contributed by atoms with Gasteiger partial charge in [0.1, 0.15) is 6.54 Å². The molecule has 2 heterocycles. The Hall–Kier alpha value is -3.29. The molecule has 0 unspecified atom stereocenters. The van der Waals surface area contributed by atoms with Gasteiger partial charge in [-0.3, -0.25) is 4.79 Å². The van der Waals surface area contributed by atoms with E-state index in [-0.39, 0.29) is 23.1 Å². The number of carbonyl (C=O) groups is 1. The Labute approximate surface area is 210 Å². The van der Waals surface area contributed by atoms with Gasteiger partial charge in [0.2, 0.25) is 5.91 Å². The Balaban J connectivity index is 1.34. The van der Waals surface area contributed by atoms with Crippen molar-refractivity contribution < 1.29 is 13.2 Å². The van der Waals surface area contributed by atoms with E-state index >= 15 is 0 Å². The highest BCUT2D eigenvalue weighted by atomic mass is 35.5. The number of para-hydroxylation sites is 2. The molecule has 1 saturated heterocycles. The van der Waals surface area contributed by atoms with E-state index < -0.39 is 9.84 Å². The fourth-order valence-electron chi connectivity index (χ4n) is 4.61. The number of hydrogen-bond donors (Lipinski definition) is 0. The molecule has 0 spiro atoms. The van der Waals surface area contributed by atoms with Gasteiger partial charge in [-0.25, -0.2) is 8.42 Å². The maximum Gasteiger partial charge on any atom is 0.242 e. The third kappa shape index (κ3) is 5.06. The molecule has 4 aromatic rings. The van der Waals surface area contributed by atoms with Crippen LogP contribution in [-0.4, -0.2) is 50.0 Å². The summed E-state index contributed by atoms with van der Waals surface area (Å²) >= 11 is 6.05. The van der Waals surface area contributed by atoms with Gasteiger partial charge in [-0.15, -0.1) is 0 Å². The van der Waals surface area contributed by atoms with Crippen molar-refractivity contribution in [1.82, 2.24) is 9.47 Å². The first-order valence-electron chi connectivity index (χ1n) is 11.5. The van der Waals surface area contributed by atoms with Crippen LogP contribution in [0, 0.1) is 0 Å². The number of nitrogens with zero attached hydrogens (tertiary/aromatic N) is 3. The molecule has 0 saturated carbocycles. The van der Waals surface area contributed by atoms with E-state index in [2.05, 4.69) is 17.0 Å². The maximum absolute atomic E-state index is 13.3. The fourth-order valence-corrected chi connectivity index (χ4v) is 6.40. The Bertz CT molecular complexity index is 1460. The largest absolute Gasteiger partial charge is 0.368 e. The van der Waals surface area contributed by atoms with Crippen LogP contribution in [-0.2, 0) is 26.9 Å². The quantitative estimate of drug-likeness (QED) is 0.382. The average molecular weight is 508 g/mol. The molecular formula is C27H26ClN3O3S. The zero-order valence-electron chi connectivity index (χ0n) is 19.2. The second kappa shape index (κ2) is 9.76. The van der Waals surface area contributed by atoms with Crippen molar-refractivity contribution in [2.45, 2.75) is 17.2 Å². The number of fused-ring (bicyclic) bond motifs is 1. The summed E-state index contributed by atoms with van der Waals surface area (Å²) in [5.41, 5.74) is 2.51. The lowest BCUT2D eigenvalue weighted by Gasteiger charge is -2.36. The molecular weight excluding hydrogens is 482 g/mol. The van der Waals surface area contributed by atoms with Gasteiger partial charge in [0.05, 0.1) is 10.6 Å². The number of aromatic nitrogens is 1. The van der Waals surface area contributed by atoms with Crippen LogP contribution in [0.25, 0.3) is 10.9 Å². The molecule has 5 rings (SSSR count). The van der Waals surface area contributed by atoms with E-state index in [0.29, 0.717) is 29.1 Å². The number of benzene rings is 3. The molecule has 1 fully saturated rings. The first-order valence-corrected chi connectivity index (χ1v) is 13.6. The van der Waals surface area contributed by atoms with Gasteiger partial charge in [-0.05, 0) is 35.9 Å². The summed E-state index contributed by atoms with van der Waals surface area (Å²) in [6, 6.07) is 24.4. The highest BCUT2D eigenvalue weighted by Gasteiger charge is 2.25. The van der Waals surface area contributed by atoms with E-state index in [0.717, 1.165) is 24.3 Å². The van der Waals surface area contributed by atoms with Gasteiger partial charge in [-0.1, -0.05) is 60.1 Å². The van der Waals surface area contributed by atoms with Crippen LogP contribution >= 0.6 is 11.6 Å². The van der Waals surface area contributed by atoms with Crippen LogP contribution < -0.4 is 4.90 Å². The summed E-state index contributed by atoms with van der Waals surface area (Å²) in [6.45, 7) is 2.89. The molecule has 0 N–H and O–H groups in total. The zero-order chi connectivity index (χ0) is 24.4. The molecule has 1 aliphatic rings. The van der Waals surface area contributed by atoms with E-state index in [1.807, 2.05) is 41.3 Å². The number of anilines is 1. The summed E-state index contributed by atoms with van der Waals surface area (Å²) in [4.78, 5) is 17.5. The Morgan fingerprint density at radius 1 is 0.857 bits per heavy atom. The lowest BCUT2D eigenvalue weighted by molar-refractivity contribution is -0.132. The number of sulfone groups is 1. The third-order valence-electron chi connectivity index (χ3n) is 6.39. The summed E-state index contributed by atoms with van der Waals surface area (Å²) < 4.78 is 28.4. The fraction of sp³-hybridized carbons (Fsp3) is 0.222. The second-order valence-electron chi connectivity index (χ2n) is 8.73. The van der Waals surface area contributed by atoms with Crippen LogP contribution in [0.4, 0.5) is 5.69 Å². The molecule has 1 aromatic heterocycles. The lowest BCUT2D eigenvalue weighted by Crippen LogP contribution is -2.49. The Morgan fingerprint density at radius 3 is 2.31 bits per heavy atom. The summed E-state index contributed by atoms with van der Waals surface area (Å²) in [7, 11) is -3.65. The number of rotatable bonds is 6. The SMILES string of the molecule is O=C(Cn1cc(S(=O)(=O)Cc2cccc(Cl)c2)c2ccccc21)N1CCN(c2ccccc2)CC1. The molecule has 0 bridgehead atoms. The molecule has 0 radical (unpaired) electrons. The van der Waals surface area contributed by atoms with Crippen molar-refractivity contribution >= 4 is 43.9 Å². The molecule has 3 aromatic carbocycles. The maximum atomic E-state index is 13.3. The lowest BCUT2D eigenvalue weighted by atomic mass is 10.2. The minimum Gasteiger partial charge on any atom is -0.368 e. The normalized spacial score (nSPS) is 14.4. The molecule has 35 heavy (non-hydrogen) atoms. The highest BCUT2D eigenvalue weighted by Crippen LogP contribution is 2.29. The summed E-state index contributed by atoms with van der Waals surface area (Å²) in [6.07, 6.45) is 1.60. The molecule has 6 nitrogen and oxygen atoms in total. The van der Waals surface area contributed by atoms with Crippen molar-refractivity contribution in [3.63, 3.8) is 0 Å². The van der Waals surface area contributed by atoms with E-state index in [9.17, 15) is 13.2 Å². The van der Waals surface area contributed by atoms with Gasteiger partial charge in [0.15, 0.2) is 9.84 Å². The van der Waals surface area contributed by atoms with Gasteiger partial charge >= 0.3 is 0 Å². The number of hydrogen-bond acceptors (Lipinski definition) is 4. The van der Waals surface area contributed by atoms with Gasteiger partial charge in [-0.2, -0.15) is 0 Å². The standard InChI is InChI=1S/C27H26ClN3O3S/c28-22-8-6-7-21(17-22)20-35(33,34)26-18-31(25-12-5-4-11-24(25)26)19-27(32)30-15-13-29(14-16-30)23-9-2-1-3-10-23/h1-12,17-18H,13-16,19-20H2. The number of halogens is 1. The van der Waals surface area contributed by atoms with Crippen molar-refractivity contribution in [2.24, 2.45) is 0 Å². The topological polar surface area (TPSA) is 62.6 Å². The molecule has 1 amide bonds. The van der Waals surface area contributed by atoms with Crippen LogP contribution in [0.3, 0.4) is 0 Å².